The van der Waals surface area contributed by atoms with E-state index in [-0.39, 0.29) is 5.75 Å². The molecule has 0 saturated heterocycles. The SMILES string of the molecule is COc1ccc(C)cc1C(C)=NCCN=C(C)c1cc(C)ccc1O. The molecule has 0 aliphatic rings. The fraction of sp³-hybridized carbons (Fsp3) is 0.333. The molecule has 0 unspecified atom stereocenters. The summed E-state index contributed by atoms with van der Waals surface area (Å²) in [6.07, 6.45) is 0. The van der Waals surface area contributed by atoms with Gasteiger partial charge >= 0.3 is 0 Å². The van der Waals surface area contributed by atoms with Crippen LogP contribution in [0.1, 0.15) is 36.1 Å². The molecule has 2 aromatic carbocycles. The fourth-order valence-electron chi connectivity index (χ4n) is 2.65. The zero-order valence-corrected chi connectivity index (χ0v) is 15.6. The van der Waals surface area contributed by atoms with Gasteiger partial charge in [0, 0.05) is 22.6 Å². The Morgan fingerprint density at radius 3 is 2.00 bits per heavy atom. The molecule has 0 amide bonds. The van der Waals surface area contributed by atoms with Gasteiger partial charge in [0.1, 0.15) is 11.5 Å². The smallest absolute Gasteiger partial charge is 0.127 e. The Morgan fingerprint density at radius 2 is 1.40 bits per heavy atom. The predicted molar refractivity (Wildman–Crippen MR) is 105 cm³/mol. The maximum Gasteiger partial charge on any atom is 0.127 e. The first-order valence-corrected chi connectivity index (χ1v) is 8.39. The van der Waals surface area contributed by atoms with E-state index in [4.69, 9.17) is 4.74 Å². The maximum absolute atomic E-state index is 9.96. The van der Waals surface area contributed by atoms with E-state index in [2.05, 4.69) is 23.0 Å². The molecule has 0 radical (unpaired) electrons. The number of methoxy groups -OCH3 is 1. The average molecular weight is 338 g/mol. The molecule has 2 rings (SSSR count). The minimum atomic E-state index is 0.260. The van der Waals surface area contributed by atoms with Crippen molar-refractivity contribution in [3.05, 3.63) is 58.7 Å². The Morgan fingerprint density at radius 1 is 0.880 bits per heavy atom. The number of aliphatic imine (C=N–C) groups is 2. The van der Waals surface area contributed by atoms with E-state index in [1.54, 1.807) is 13.2 Å². The van der Waals surface area contributed by atoms with Gasteiger partial charge in [-0.15, -0.1) is 0 Å². The van der Waals surface area contributed by atoms with Crippen LogP contribution in [0, 0.1) is 13.8 Å². The summed E-state index contributed by atoms with van der Waals surface area (Å²) in [6.45, 7) is 9.11. The van der Waals surface area contributed by atoms with Gasteiger partial charge in [-0.05, 0) is 52.0 Å². The van der Waals surface area contributed by atoms with Crippen molar-refractivity contribution < 1.29 is 9.84 Å². The molecule has 132 valence electrons. The lowest BCUT2D eigenvalue weighted by Crippen LogP contribution is -2.03. The summed E-state index contributed by atoms with van der Waals surface area (Å²) >= 11 is 0. The predicted octanol–water partition coefficient (Wildman–Crippen LogP) is 4.34. The van der Waals surface area contributed by atoms with Crippen LogP contribution in [-0.4, -0.2) is 36.7 Å². The van der Waals surface area contributed by atoms with Crippen LogP contribution in [0.2, 0.25) is 0 Å². The standard InChI is InChI=1S/C21H26N2O2/c1-14-6-8-20(24)18(12-14)16(3)22-10-11-23-17(4)19-13-15(2)7-9-21(19)25-5/h6-9,12-13,24H,10-11H2,1-5H3. The monoisotopic (exact) mass is 338 g/mol. The molecule has 4 heteroatoms. The minimum absolute atomic E-state index is 0.260. The van der Waals surface area contributed by atoms with Crippen molar-refractivity contribution in [2.75, 3.05) is 20.2 Å². The van der Waals surface area contributed by atoms with Crippen molar-refractivity contribution in [2.45, 2.75) is 27.7 Å². The third-order valence-corrected chi connectivity index (χ3v) is 4.08. The molecule has 25 heavy (non-hydrogen) atoms. The minimum Gasteiger partial charge on any atom is -0.507 e. The van der Waals surface area contributed by atoms with E-state index < -0.39 is 0 Å². The highest BCUT2D eigenvalue weighted by Gasteiger charge is 2.07. The van der Waals surface area contributed by atoms with Crippen LogP contribution < -0.4 is 4.74 Å². The number of aryl methyl sites for hydroxylation is 2. The van der Waals surface area contributed by atoms with Gasteiger partial charge in [-0.3, -0.25) is 9.98 Å². The van der Waals surface area contributed by atoms with Crippen LogP contribution >= 0.6 is 0 Å². The van der Waals surface area contributed by atoms with Gasteiger partial charge in [0.25, 0.3) is 0 Å². The Labute approximate surface area is 149 Å². The summed E-state index contributed by atoms with van der Waals surface area (Å²) in [4.78, 5) is 9.16. The van der Waals surface area contributed by atoms with Crippen molar-refractivity contribution in [3.63, 3.8) is 0 Å². The second kappa shape index (κ2) is 8.47. The number of rotatable bonds is 6. The Hall–Kier alpha value is -2.62. The van der Waals surface area contributed by atoms with Gasteiger partial charge < -0.3 is 9.84 Å². The van der Waals surface area contributed by atoms with Crippen LogP contribution in [0.25, 0.3) is 0 Å². The molecule has 0 aliphatic heterocycles. The lowest BCUT2D eigenvalue weighted by Gasteiger charge is -2.09. The van der Waals surface area contributed by atoms with Crippen molar-refractivity contribution in [1.82, 2.24) is 0 Å². The van der Waals surface area contributed by atoms with Crippen molar-refractivity contribution >= 4 is 11.4 Å². The summed E-state index contributed by atoms with van der Waals surface area (Å²) in [5, 5.41) is 9.96. The van der Waals surface area contributed by atoms with E-state index >= 15 is 0 Å². The average Bonchev–Trinajstić information content (AvgIpc) is 2.60. The second-order valence-corrected chi connectivity index (χ2v) is 6.16. The van der Waals surface area contributed by atoms with Crippen LogP contribution in [0.5, 0.6) is 11.5 Å². The fourth-order valence-corrected chi connectivity index (χ4v) is 2.65. The van der Waals surface area contributed by atoms with Gasteiger partial charge in [0.2, 0.25) is 0 Å². The van der Waals surface area contributed by atoms with Crippen LogP contribution in [0.15, 0.2) is 46.4 Å². The third kappa shape index (κ3) is 4.92. The van der Waals surface area contributed by atoms with E-state index in [1.807, 2.05) is 45.0 Å². The number of nitrogens with zero attached hydrogens (tertiary/aromatic N) is 2. The molecular weight excluding hydrogens is 312 g/mol. The molecule has 0 heterocycles. The highest BCUT2D eigenvalue weighted by molar-refractivity contribution is 6.02. The zero-order chi connectivity index (χ0) is 18.4. The number of hydrogen-bond acceptors (Lipinski definition) is 4. The number of hydrogen-bond donors (Lipinski definition) is 1. The number of aromatic hydroxyl groups is 1. The van der Waals surface area contributed by atoms with Crippen LogP contribution in [0.4, 0.5) is 0 Å². The normalized spacial score (nSPS) is 12.4. The maximum atomic E-state index is 9.96. The highest BCUT2D eigenvalue weighted by atomic mass is 16.5. The first-order valence-electron chi connectivity index (χ1n) is 8.39. The molecule has 0 saturated carbocycles. The Kier molecular flexibility index (Phi) is 6.34. The highest BCUT2D eigenvalue weighted by Crippen LogP contribution is 2.21. The van der Waals surface area contributed by atoms with Gasteiger partial charge in [0.05, 0.1) is 20.2 Å². The number of phenols is 1. The van der Waals surface area contributed by atoms with E-state index in [0.29, 0.717) is 13.1 Å². The Bertz CT molecular complexity index is 808. The van der Waals surface area contributed by atoms with Gasteiger partial charge in [-0.2, -0.15) is 0 Å². The first kappa shape index (κ1) is 18.7. The molecule has 0 bridgehead atoms. The lowest BCUT2D eigenvalue weighted by molar-refractivity contribution is 0.414. The van der Waals surface area contributed by atoms with Gasteiger partial charge in [-0.25, -0.2) is 0 Å². The van der Waals surface area contributed by atoms with Crippen LogP contribution in [-0.2, 0) is 0 Å². The summed E-state index contributed by atoms with van der Waals surface area (Å²) in [7, 11) is 1.67. The second-order valence-electron chi connectivity index (χ2n) is 6.16. The molecular formula is C21H26N2O2. The van der Waals surface area contributed by atoms with Crippen molar-refractivity contribution in [2.24, 2.45) is 9.98 Å². The molecule has 0 aliphatic carbocycles. The summed E-state index contributed by atoms with van der Waals surface area (Å²) in [6, 6.07) is 11.6. The molecule has 4 nitrogen and oxygen atoms in total. The number of ether oxygens (including phenoxy) is 1. The summed E-state index contributed by atoms with van der Waals surface area (Å²) in [5.74, 6) is 1.09. The van der Waals surface area contributed by atoms with Crippen molar-refractivity contribution in [1.29, 1.82) is 0 Å². The first-order chi connectivity index (χ1) is 11.9. The Balaban J connectivity index is 2.07. The van der Waals surface area contributed by atoms with Crippen molar-refractivity contribution in [3.8, 4) is 11.5 Å². The molecule has 0 aromatic heterocycles. The largest absolute Gasteiger partial charge is 0.507 e. The third-order valence-electron chi connectivity index (χ3n) is 4.08. The molecule has 1 N–H and O–H groups in total. The van der Waals surface area contributed by atoms with Gasteiger partial charge in [0.15, 0.2) is 0 Å². The topological polar surface area (TPSA) is 54.2 Å². The van der Waals surface area contributed by atoms with Gasteiger partial charge in [-0.1, -0.05) is 23.3 Å². The molecule has 0 spiro atoms. The quantitative estimate of drug-likeness (QED) is 0.629. The molecule has 0 fully saturated rings. The van der Waals surface area contributed by atoms with Crippen LogP contribution in [0.3, 0.4) is 0 Å². The summed E-state index contributed by atoms with van der Waals surface area (Å²) < 4.78 is 5.41. The lowest BCUT2D eigenvalue weighted by atomic mass is 10.1. The van der Waals surface area contributed by atoms with E-state index in [0.717, 1.165) is 33.9 Å². The van der Waals surface area contributed by atoms with E-state index in [1.165, 1.54) is 5.56 Å². The molecule has 0 atom stereocenters. The summed E-state index contributed by atoms with van der Waals surface area (Å²) in [5.41, 5.74) is 5.83. The molecule has 2 aromatic rings. The number of benzene rings is 2. The van der Waals surface area contributed by atoms with E-state index in [9.17, 15) is 5.11 Å². The number of phenolic OH excluding ortho intramolecular Hbond substituents is 1. The zero-order valence-electron chi connectivity index (χ0n) is 15.6.